The van der Waals surface area contributed by atoms with Crippen LogP contribution in [0.5, 0.6) is 0 Å². The Hall–Kier alpha value is -0.740. The first-order chi connectivity index (χ1) is 11.8. The van der Waals surface area contributed by atoms with E-state index in [1.165, 1.54) is 81.7 Å². The van der Waals surface area contributed by atoms with Crippen molar-refractivity contribution in [1.82, 2.24) is 0 Å². The molecule has 0 N–H and O–H groups in total. The maximum Gasteiger partial charge on any atom is 0.272 e. The molecule has 144 valence electrons. The number of aryl methyl sites for hydroxylation is 1. The van der Waals surface area contributed by atoms with Crippen molar-refractivity contribution in [3.05, 3.63) is 39.9 Å². The Balaban J connectivity index is 0.00000576. The van der Waals surface area contributed by atoms with E-state index in [1.807, 2.05) is 12.1 Å². The van der Waals surface area contributed by atoms with Crippen LogP contribution < -0.4 is 12.4 Å². The first-order valence-electron chi connectivity index (χ1n) is 9.53. The molecule has 0 unspecified atom stereocenters. The number of thiol groups is 1. The SMILES string of the molecule is C[SH+]CCCCCCCCCCCCCc1ccccc1[N+](=O)[O-].[Cl-]. The number of nitrogens with zero attached hydrogens (tertiary/aromatic N) is 1. The number of nitro groups is 1. The van der Waals surface area contributed by atoms with Crippen LogP contribution in [0.25, 0.3) is 0 Å². The lowest BCUT2D eigenvalue weighted by atomic mass is 10.0. The molecule has 25 heavy (non-hydrogen) atoms. The molecule has 1 aromatic rings. The molecule has 0 spiro atoms. The van der Waals surface area contributed by atoms with Crippen molar-refractivity contribution in [2.24, 2.45) is 0 Å². The molecule has 0 aromatic heterocycles. The summed E-state index contributed by atoms with van der Waals surface area (Å²) in [4.78, 5) is 10.7. The van der Waals surface area contributed by atoms with Gasteiger partial charge in [-0.1, -0.05) is 69.6 Å². The number of halogens is 1. The van der Waals surface area contributed by atoms with Crippen molar-refractivity contribution >= 4 is 17.4 Å². The van der Waals surface area contributed by atoms with Gasteiger partial charge in [0.15, 0.2) is 0 Å². The summed E-state index contributed by atoms with van der Waals surface area (Å²) in [6.45, 7) is 0. The highest BCUT2D eigenvalue weighted by Crippen LogP contribution is 2.20. The lowest BCUT2D eigenvalue weighted by molar-refractivity contribution is -0.385. The summed E-state index contributed by atoms with van der Waals surface area (Å²) in [6, 6.07) is 7.13. The maximum absolute atomic E-state index is 11.0. The second-order valence-corrected chi connectivity index (χ2v) is 7.64. The van der Waals surface area contributed by atoms with Crippen LogP contribution in [0.4, 0.5) is 5.69 Å². The highest BCUT2D eigenvalue weighted by Gasteiger charge is 2.11. The summed E-state index contributed by atoms with van der Waals surface area (Å²) in [5.74, 6) is 1.37. The first kappa shape index (κ1) is 24.3. The molecule has 0 aliphatic rings. The molecule has 0 saturated heterocycles. The smallest absolute Gasteiger partial charge is 0.272 e. The Labute approximate surface area is 163 Å². The molecule has 3 nitrogen and oxygen atoms in total. The maximum atomic E-state index is 11.0. The number of hydrogen-bond donors (Lipinski definition) is 0. The Morgan fingerprint density at radius 1 is 0.840 bits per heavy atom. The summed E-state index contributed by atoms with van der Waals surface area (Å²) in [5, 5.41) is 11.0. The number of benzene rings is 1. The van der Waals surface area contributed by atoms with Gasteiger partial charge in [0.05, 0.1) is 11.2 Å². The van der Waals surface area contributed by atoms with Crippen LogP contribution in [-0.2, 0) is 18.2 Å². The molecule has 0 amide bonds. The van der Waals surface area contributed by atoms with E-state index in [1.54, 1.807) is 12.1 Å². The summed E-state index contributed by atoms with van der Waals surface area (Å²) >= 11 is 1.54. The third-order valence-corrected chi connectivity index (χ3v) is 5.28. The van der Waals surface area contributed by atoms with Gasteiger partial charge in [-0.05, 0) is 37.4 Å². The fourth-order valence-corrected chi connectivity index (χ4v) is 3.62. The highest BCUT2D eigenvalue weighted by atomic mass is 35.5. The van der Waals surface area contributed by atoms with E-state index < -0.39 is 0 Å². The standard InChI is InChI=1S/C20H33NO2S.ClH/c1-24-18-14-10-8-6-4-2-3-5-7-9-11-15-19-16-12-13-17-20(19)21(22)23;/h12-13,16-17H,2-11,14-15,18H2,1H3;1H. The van der Waals surface area contributed by atoms with Crippen LogP contribution in [-0.4, -0.2) is 16.9 Å². The molecule has 0 radical (unpaired) electrons. The quantitative estimate of drug-likeness (QED) is 0.153. The zero-order chi connectivity index (χ0) is 17.5. The summed E-state index contributed by atoms with van der Waals surface area (Å²) in [6.07, 6.45) is 17.6. The lowest BCUT2D eigenvalue weighted by Gasteiger charge is -2.04. The average molecular weight is 388 g/mol. The largest absolute Gasteiger partial charge is 1.00 e. The van der Waals surface area contributed by atoms with E-state index in [9.17, 15) is 10.1 Å². The number of nitro benzene ring substituents is 1. The van der Waals surface area contributed by atoms with Gasteiger partial charge in [-0.2, -0.15) is 0 Å². The molecule has 0 aliphatic carbocycles. The molecule has 0 fully saturated rings. The van der Waals surface area contributed by atoms with E-state index in [0.717, 1.165) is 18.4 Å². The lowest BCUT2D eigenvalue weighted by Crippen LogP contribution is -3.00. The van der Waals surface area contributed by atoms with Crippen LogP contribution in [0.15, 0.2) is 24.3 Å². The van der Waals surface area contributed by atoms with Gasteiger partial charge in [0.1, 0.15) is 5.75 Å². The summed E-state index contributed by atoms with van der Waals surface area (Å²) in [7, 11) is 0. The minimum atomic E-state index is -0.267. The van der Waals surface area contributed by atoms with Crippen molar-refractivity contribution < 1.29 is 17.3 Å². The van der Waals surface area contributed by atoms with Gasteiger partial charge in [0.2, 0.25) is 0 Å². The molecular formula is C20H34ClNO2S. The third-order valence-electron chi connectivity index (χ3n) is 4.52. The van der Waals surface area contributed by atoms with Crippen LogP contribution in [0.3, 0.4) is 0 Å². The van der Waals surface area contributed by atoms with Crippen molar-refractivity contribution in [3.8, 4) is 0 Å². The Morgan fingerprint density at radius 3 is 1.84 bits per heavy atom. The van der Waals surface area contributed by atoms with Gasteiger partial charge >= 0.3 is 0 Å². The Morgan fingerprint density at radius 2 is 1.32 bits per heavy atom. The molecule has 0 aliphatic heterocycles. The second kappa shape index (κ2) is 16.7. The predicted octanol–water partition coefficient (Wildman–Crippen LogP) is 2.88. The normalized spacial score (nSPS) is 10.4. The van der Waals surface area contributed by atoms with Gasteiger partial charge in [-0.25, -0.2) is 0 Å². The monoisotopic (exact) mass is 387 g/mol. The van der Waals surface area contributed by atoms with Crippen molar-refractivity contribution in [3.63, 3.8) is 0 Å². The van der Waals surface area contributed by atoms with Crippen LogP contribution in [0, 0.1) is 10.1 Å². The Kier molecular flexibility index (Phi) is 16.2. The van der Waals surface area contributed by atoms with Gasteiger partial charge < -0.3 is 12.4 Å². The zero-order valence-electron chi connectivity index (χ0n) is 15.6. The van der Waals surface area contributed by atoms with E-state index >= 15 is 0 Å². The summed E-state index contributed by atoms with van der Waals surface area (Å²) in [5.41, 5.74) is 1.15. The second-order valence-electron chi connectivity index (χ2n) is 6.56. The molecule has 1 rings (SSSR count). The molecule has 5 heteroatoms. The van der Waals surface area contributed by atoms with Crippen molar-refractivity contribution in [2.45, 2.75) is 77.0 Å². The van der Waals surface area contributed by atoms with Gasteiger partial charge in [-0.15, -0.1) is 0 Å². The predicted molar refractivity (Wildman–Crippen MR) is 107 cm³/mol. The Bertz CT molecular complexity index is 457. The van der Waals surface area contributed by atoms with Crippen molar-refractivity contribution in [2.75, 3.05) is 12.0 Å². The number of para-hydroxylation sites is 1. The minimum Gasteiger partial charge on any atom is -1.00 e. The summed E-state index contributed by atoms with van der Waals surface area (Å²) < 4.78 is 0. The molecule has 0 heterocycles. The van der Waals surface area contributed by atoms with Gasteiger partial charge in [-0.3, -0.25) is 10.1 Å². The van der Waals surface area contributed by atoms with Crippen LogP contribution in [0.2, 0.25) is 0 Å². The fraction of sp³-hybridized carbons (Fsp3) is 0.700. The third kappa shape index (κ3) is 12.3. The minimum absolute atomic E-state index is 0. The molecular weight excluding hydrogens is 354 g/mol. The highest BCUT2D eigenvalue weighted by molar-refractivity contribution is 7.77. The van der Waals surface area contributed by atoms with Gasteiger partial charge in [0, 0.05) is 11.6 Å². The van der Waals surface area contributed by atoms with E-state index in [4.69, 9.17) is 0 Å². The van der Waals surface area contributed by atoms with Crippen LogP contribution >= 0.6 is 0 Å². The molecule has 0 atom stereocenters. The topological polar surface area (TPSA) is 43.1 Å². The molecule has 1 aromatic carbocycles. The van der Waals surface area contributed by atoms with Gasteiger partial charge in [0.25, 0.3) is 5.69 Å². The zero-order valence-corrected chi connectivity index (χ0v) is 17.2. The number of hydrogen-bond acceptors (Lipinski definition) is 2. The fourth-order valence-electron chi connectivity index (χ4n) is 3.08. The molecule has 0 bridgehead atoms. The van der Waals surface area contributed by atoms with E-state index in [0.29, 0.717) is 0 Å². The number of rotatable bonds is 15. The molecule has 0 saturated carbocycles. The van der Waals surface area contributed by atoms with Crippen LogP contribution in [0.1, 0.15) is 76.2 Å². The van der Waals surface area contributed by atoms with E-state index in [-0.39, 0.29) is 23.0 Å². The average Bonchev–Trinajstić information content (AvgIpc) is 2.59. The number of unbranched alkanes of at least 4 members (excludes halogenated alkanes) is 10. The van der Waals surface area contributed by atoms with E-state index in [2.05, 4.69) is 6.26 Å². The first-order valence-corrected chi connectivity index (χ1v) is 11.1. The van der Waals surface area contributed by atoms with Crippen molar-refractivity contribution in [1.29, 1.82) is 0 Å².